The van der Waals surface area contributed by atoms with Crippen molar-refractivity contribution in [3.05, 3.63) is 22.4 Å². The van der Waals surface area contributed by atoms with Gasteiger partial charge in [0.1, 0.15) is 0 Å². The van der Waals surface area contributed by atoms with E-state index in [1.807, 2.05) is 17.5 Å². The van der Waals surface area contributed by atoms with E-state index in [1.165, 1.54) is 7.11 Å². The maximum absolute atomic E-state index is 11.0. The van der Waals surface area contributed by atoms with E-state index in [2.05, 4.69) is 4.74 Å². The molecule has 0 radical (unpaired) electrons. The number of nitrogens with two attached hydrogens (primary N) is 1. The van der Waals surface area contributed by atoms with E-state index in [0.717, 1.165) is 4.88 Å². The fraction of sp³-hybridized carbons (Fsp3) is 0.444. The van der Waals surface area contributed by atoms with Gasteiger partial charge in [-0.2, -0.15) is 0 Å². The highest BCUT2D eigenvalue weighted by Gasteiger charge is 2.15. The average molecular weight is 199 g/mol. The van der Waals surface area contributed by atoms with Crippen LogP contribution in [0.3, 0.4) is 0 Å². The van der Waals surface area contributed by atoms with Gasteiger partial charge in [0, 0.05) is 17.3 Å². The predicted molar refractivity (Wildman–Crippen MR) is 52.7 cm³/mol. The van der Waals surface area contributed by atoms with Crippen molar-refractivity contribution in [2.24, 2.45) is 5.73 Å². The van der Waals surface area contributed by atoms with E-state index >= 15 is 0 Å². The van der Waals surface area contributed by atoms with Gasteiger partial charge in [-0.15, -0.1) is 11.3 Å². The van der Waals surface area contributed by atoms with Crippen LogP contribution in [-0.2, 0) is 9.53 Å². The van der Waals surface area contributed by atoms with Crippen molar-refractivity contribution in [2.45, 2.75) is 12.3 Å². The minimum Gasteiger partial charge on any atom is -0.469 e. The van der Waals surface area contributed by atoms with Gasteiger partial charge in [0.05, 0.1) is 13.5 Å². The van der Waals surface area contributed by atoms with Crippen LogP contribution in [0, 0.1) is 0 Å². The van der Waals surface area contributed by atoms with E-state index in [0.29, 0.717) is 13.0 Å². The minimum absolute atomic E-state index is 0.104. The first-order chi connectivity index (χ1) is 6.27. The summed E-state index contributed by atoms with van der Waals surface area (Å²) in [6.45, 7) is 0.482. The van der Waals surface area contributed by atoms with Crippen LogP contribution in [-0.4, -0.2) is 19.6 Å². The van der Waals surface area contributed by atoms with Gasteiger partial charge in [0.15, 0.2) is 0 Å². The van der Waals surface area contributed by atoms with Gasteiger partial charge in [0.25, 0.3) is 0 Å². The van der Waals surface area contributed by atoms with Crippen molar-refractivity contribution in [2.75, 3.05) is 13.7 Å². The molecule has 0 aromatic carbocycles. The van der Waals surface area contributed by atoms with E-state index in [-0.39, 0.29) is 11.9 Å². The highest BCUT2D eigenvalue weighted by atomic mass is 32.1. The van der Waals surface area contributed by atoms with E-state index in [9.17, 15) is 4.79 Å². The van der Waals surface area contributed by atoms with Gasteiger partial charge in [-0.05, 0) is 11.4 Å². The molecule has 0 spiro atoms. The number of esters is 1. The molecule has 3 nitrogen and oxygen atoms in total. The van der Waals surface area contributed by atoms with Crippen LogP contribution < -0.4 is 5.73 Å². The summed E-state index contributed by atoms with van der Waals surface area (Å²) >= 11 is 1.62. The molecule has 0 aliphatic rings. The summed E-state index contributed by atoms with van der Waals surface area (Å²) in [6, 6.07) is 3.95. The van der Waals surface area contributed by atoms with Crippen molar-refractivity contribution in [3.8, 4) is 0 Å². The Morgan fingerprint density at radius 2 is 2.54 bits per heavy atom. The highest BCUT2D eigenvalue weighted by Crippen LogP contribution is 2.23. The molecule has 72 valence electrons. The number of hydrogen-bond donors (Lipinski definition) is 1. The normalized spacial score (nSPS) is 12.5. The zero-order valence-corrected chi connectivity index (χ0v) is 8.34. The largest absolute Gasteiger partial charge is 0.469 e. The molecular formula is C9H13NO2S. The van der Waals surface area contributed by atoms with Gasteiger partial charge < -0.3 is 10.5 Å². The summed E-state index contributed by atoms with van der Waals surface area (Å²) in [7, 11) is 1.39. The van der Waals surface area contributed by atoms with Crippen molar-refractivity contribution in [1.29, 1.82) is 0 Å². The number of ether oxygens (including phenoxy) is 1. The average Bonchev–Trinajstić information content (AvgIpc) is 2.66. The molecule has 1 atom stereocenters. The van der Waals surface area contributed by atoms with Gasteiger partial charge >= 0.3 is 5.97 Å². The Morgan fingerprint density at radius 3 is 3.00 bits per heavy atom. The maximum Gasteiger partial charge on any atom is 0.306 e. The number of carbonyl (C=O) groups is 1. The summed E-state index contributed by atoms with van der Waals surface area (Å²) in [5, 5.41) is 1.98. The van der Waals surface area contributed by atoms with Crippen molar-refractivity contribution in [1.82, 2.24) is 0 Å². The van der Waals surface area contributed by atoms with Gasteiger partial charge in [0.2, 0.25) is 0 Å². The third-order valence-corrected chi connectivity index (χ3v) is 2.91. The lowest BCUT2D eigenvalue weighted by atomic mass is 10.0. The van der Waals surface area contributed by atoms with Gasteiger partial charge in [-0.25, -0.2) is 0 Å². The molecule has 4 heteroatoms. The summed E-state index contributed by atoms with van der Waals surface area (Å²) < 4.78 is 4.59. The van der Waals surface area contributed by atoms with Crippen LogP contribution in [0.2, 0.25) is 0 Å². The molecule has 1 rings (SSSR count). The molecule has 1 aromatic rings. The van der Waals surface area contributed by atoms with E-state index < -0.39 is 0 Å². The van der Waals surface area contributed by atoms with Crippen LogP contribution in [0.5, 0.6) is 0 Å². The standard InChI is InChI=1S/C9H13NO2S/c1-12-9(11)5-7(6-10)8-3-2-4-13-8/h2-4,7H,5-6,10H2,1H3/t7-/m1/s1. The summed E-state index contributed by atoms with van der Waals surface area (Å²) in [6.07, 6.45) is 0.369. The molecule has 0 saturated carbocycles. The molecule has 13 heavy (non-hydrogen) atoms. The summed E-state index contributed by atoms with van der Waals surface area (Å²) in [5.74, 6) is -0.101. The SMILES string of the molecule is COC(=O)C[C@H](CN)c1cccs1. The maximum atomic E-state index is 11.0. The number of rotatable bonds is 4. The van der Waals surface area contributed by atoms with Crippen molar-refractivity contribution in [3.63, 3.8) is 0 Å². The quantitative estimate of drug-likeness (QED) is 0.745. The lowest BCUT2D eigenvalue weighted by molar-refractivity contribution is -0.141. The number of methoxy groups -OCH3 is 1. The number of thiophene rings is 1. The monoisotopic (exact) mass is 199 g/mol. The molecule has 1 aromatic heterocycles. The Labute approximate surface area is 81.5 Å². The summed E-state index contributed by atoms with van der Waals surface area (Å²) in [5.41, 5.74) is 5.57. The third-order valence-electron chi connectivity index (χ3n) is 1.87. The first kappa shape index (κ1) is 10.2. The molecule has 0 fully saturated rings. The van der Waals surface area contributed by atoms with Gasteiger partial charge in [-0.3, -0.25) is 4.79 Å². The van der Waals surface area contributed by atoms with Crippen LogP contribution in [0.15, 0.2) is 17.5 Å². The molecule has 0 aliphatic carbocycles. The fourth-order valence-corrected chi connectivity index (χ4v) is 1.95. The first-order valence-corrected chi connectivity index (χ1v) is 4.96. The smallest absolute Gasteiger partial charge is 0.306 e. The van der Waals surface area contributed by atoms with Crippen molar-refractivity contribution >= 4 is 17.3 Å². The molecule has 2 N–H and O–H groups in total. The predicted octanol–water partition coefficient (Wildman–Crippen LogP) is 1.35. The highest BCUT2D eigenvalue weighted by molar-refractivity contribution is 7.10. The first-order valence-electron chi connectivity index (χ1n) is 4.08. The van der Waals surface area contributed by atoms with Crippen LogP contribution >= 0.6 is 11.3 Å². The van der Waals surface area contributed by atoms with Crippen LogP contribution in [0.25, 0.3) is 0 Å². The minimum atomic E-state index is -0.205. The molecule has 0 saturated heterocycles. The fourth-order valence-electron chi connectivity index (χ4n) is 1.11. The number of carbonyl (C=O) groups excluding carboxylic acids is 1. The van der Waals surface area contributed by atoms with Crippen LogP contribution in [0.4, 0.5) is 0 Å². The topological polar surface area (TPSA) is 52.3 Å². The Balaban J connectivity index is 2.58. The Kier molecular flexibility index (Phi) is 3.92. The Hall–Kier alpha value is -0.870. The second-order valence-electron chi connectivity index (χ2n) is 2.73. The molecular weight excluding hydrogens is 186 g/mol. The molecule has 1 heterocycles. The van der Waals surface area contributed by atoms with Crippen molar-refractivity contribution < 1.29 is 9.53 Å². The van der Waals surface area contributed by atoms with Crippen LogP contribution in [0.1, 0.15) is 17.2 Å². The summed E-state index contributed by atoms with van der Waals surface area (Å²) in [4.78, 5) is 12.1. The zero-order chi connectivity index (χ0) is 9.68. The second-order valence-corrected chi connectivity index (χ2v) is 3.71. The van der Waals surface area contributed by atoms with E-state index in [1.54, 1.807) is 11.3 Å². The Bertz CT molecular complexity index is 259. The van der Waals surface area contributed by atoms with E-state index in [4.69, 9.17) is 5.73 Å². The second kappa shape index (κ2) is 4.99. The molecule has 0 bridgehead atoms. The molecule has 0 unspecified atom stereocenters. The zero-order valence-electron chi connectivity index (χ0n) is 7.53. The Morgan fingerprint density at radius 1 is 1.77 bits per heavy atom. The molecule has 0 amide bonds. The van der Waals surface area contributed by atoms with Gasteiger partial charge in [-0.1, -0.05) is 6.07 Å². The third kappa shape index (κ3) is 2.82. The molecule has 0 aliphatic heterocycles. The lowest BCUT2D eigenvalue weighted by Crippen LogP contribution is -2.16. The number of hydrogen-bond acceptors (Lipinski definition) is 4. The lowest BCUT2D eigenvalue weighted by Gasteiger charge is -2.10.